The van der Waals surface area contributed by atoms with Crippen LogP contribution in [0.25, 0.3) is 0 Å². The minimum atomic E-state index is 0.0787. The van der Waals surface area contributed by atoms with E-state index in [1.165, 1.54) is 0 Å². The Labute approximate surface area is 37.7 Å². The lowest BCUT2D eigenvalue weighted by Gasteiger charge is -1.69. The lowest BCUT2D eigenvalue weighted by molar-refractivity contribution is 1.28. The van der Waals surface area contributed by atoms with Crippen LogP contribution in [0.5, 0.6) is 0 Å². The molecule has 0 N–H and O–H groups in total. The zero-order valence-corrected chi connectivity index (χ0v) is 3.66. The van der Waals surface area contributed by atoms with Crippen LogP contribution in [0.2, 0.25) is 0 Å². The molecule has 0 radical (unpaired) electrons. The highest BCUT2D eigenvalue weighted by Gasteiger charge is 1.85. The molecule has 0 aromatic rings. The number of hydrogen-bond donors (Lipinski definition) is 0. The first-order valence-electron chi connectivity index (χ1n) is 2.18. The lowest BCUT2D eigenvalue weighted by atomic mass is 10.5. The van der Waals surface area contributed by atoms with Gasteiger partial charge in [0.15, 0.2) is 0 Å². The molecule has 0 bridgehead atoms. The first-order valence-corrected chi connectivity index (χ1v) is 2.65. The van der Waals surface area contributed by atoms with Crippen molar-refractivity contribution in [3.63, 3.8) is 0 Å². The number of hydrogen-bond acceptors (Lipinski definition) is 1. The molecule has 1 rings (SSSR count). The van der Waals surface area contributed by atoms with Crippen LogP contribution in [0.1, 0.15) is 7.77 Å². The van der Waals surface area contributed by atoms with Crippen LogP contribution >= 0.6 is 11.8 Å². The molecule has 1 aliphatic heterocycles. The maximum absolute atomic E-state index is 7.02. The molecule has 0 saturated heterocycles. The van der Waals surface area contributed by atoms with Crippen molar-refractivity contribution in [3.8, 4) is 0 Å². The highest BCUT2D eigenvalue weighted by atomic mass is 32.2. The monoisotopic (exact) mass is 87.0 g/mol. The van der Waals surface area contributed by atoms with Crippen molar-refractivity contribution in [1.29, 1.82) is 0 Å². The van der Waals surface area contributed by atoms with Gasteiger partial charge in [0.1, 0.15) is 0 Å². The third-order valence-electron chi connectivity index (χ3n) is 0.503. The second-order valence-corrected chi connectivity index (χ2v) is 1.84. The van der Waals surface area contributed by atoms with Crippen molar-refractivity contribution in [2.45, 2.75) is 6.40 Å². The summed E-state index contributed by atoms with van der Waals surface area (Å²) in [6, 6.07) is 0. The maximum atomic E-state index is 7.02. The summed E-state index contributed by atoms with van der Waals surface area (Å²) in [7, 11) is 0. The normalized spacial score (nSPS) is 38.4. The summed E-state index contributed by atoms with van der Waals surface area (Å²) in [6.45, 7) is 0. The summed E-state index contributed by atoms with van der Waals surface area (Å²) in [5.41, 5.74) is 0. The molecular weight excluding hydrogens is 80.1 g/mol. The minimum absolute atomic E-state index is 0.0787. The quantitative estimate of drug-likeness (QED) is 0.433. The fraction of sp³-hybridized carbons (Fsp3) is 0.500. The van der Waals surface area contributed by atoms with E-state index >= 15 is 0 Å². The zero-order valence-electron chi connectivity index (χ0n) is 3.85. The Morgan fingerprint density at radius 1 is 2.00 bits per heavy atom. The maximum Gasteiger partial charge on any atom is 0.0319 e. The van der Waals surface area contributed by atoms with Gasteiger partial charge in [-0.15, -0.1) is 11.8 Å². The van der Waals surface area contributed by atoms with Crippen LogP contribution in [-0.2, 0) is 0 Å². The predicted octanol–water partition coefficient (Wildman–Crippen LogP) is 1.64. The minimum Gasteiger partial charge on any atom is -0.134 e. The molecule has 1 heterocycles. The predicted molar refractivity (Wildman–Crippen MR) is 26.2 cm³/mol. The molecular formula is C4H6S. The van der Waals surface area contributed by atoms with E-state index in [1.54, 1.807) is 11.8 Å². The zero-order chi connectivity index (χ0) is 4.41. The van der Waals surface area contributed by atoms with Gasteiger partial charge in [0.2, 0.25) is 0 Å². The molecule has 28 valence electrons. The van der Waals surface area contributed by atoms with Gasteiger partial charge in [-0.05, 0) is 11.8 Å². The third kappa shape index (κ3) is 0.690. The van der Waals surface area contributed by atoms with Crippen LogP contribution in [-0.4, -0.2) is 5.75 Å². The molecule has 1 unspecified atom stereocenters. The smallest absolute Gasteiger partial charge is 0.0319 e. The van der Waals surface area contributed by atoms with E-state index in [2.05, 4.69) is 0 Å². The summed E-state index contributed by atoms with van der Waals surface area (Å²) >= 11 is 1.71. The Balaban J connectivity index is 2.38. The molecule has 0 amide bonds. The summed E-state index contributed by atoms with van der Waals surface area (Å²) < 4.78 is 7.02. The van der Waals surface area contributed by atoms with Crippen molar-refractivity contribution in [2.75, 3.05) is 5.75 Å². The molecule has 0 saturated carbocycles. The Morgan fingerprint density at radius 3 is 3.20 bits per heavy atom. The Hall–Kier alpha value is 0.0900. The second kappa shape index (κ2) is 1.51. The summed E-state index contributed by atoms with van der Waals surface area (Å²) in [5.74, 6) is 0.958. The second-order valence-electron chi connectivity index (χ2n) is 0.898. The number of allylic oxidation sites excluding steroid dienone is 1. The Morgan fingerprint density at radius 2 is 3.00 bits per heavy atom. The van der Waals surface area contributed by atoms with Gasteiger partial charge in [0, 0.05) is 7.12 Å². The number of thioether (sulfide) groups is 1. The number of rotatable bonds is 0. The first kappa shape index (κ1) is 2.30. The van der Waals surface area contributed by atoms with Crippen LogP contribution < -0.4 is 0 Å². The molecule has 0 aliphatic carbocycles. The standard InChI is InChI=1S/C4H6S/c1-2-4-5-3-1/h1,3H,2,4H2/i2D. The van der Waals surface area contributed by atoms with E-state index in [0.717, 1.165) is 5.75 Å². The van der Waals surface area contributed by atoms with Crippen molar-refractivity contribution in [1.82, 2.24) is 0 Å². The van der Waals surface area contributed by atoms with Crippen molar-refractivity contribution in [2.24, 2.45) is 0 Å². The largest absolute Gasteiger partial charge is 0.134 e. The topological polar surface area (TPSA) is 0 Å². The Kier molecular flexibility index (Phi) is 0.692. The Bertz CT molecular complexity index is 69.9. The highest BCUT2D eigenvalue weighted by Crippen LogP contribution is 2.11. The van der Waals surface area contributed by atoms with Crippen LogP contribution in [0, 0.1) is 0 Å². The van der Waals surface area contributed by atoms with E-state index in [1.807, 2.05) is 11.5 Å². The van der Waals surface area contributed by atoms with Crippen LogP contribution in [0.3, 0.4) is 0 Å². The molecule has 0 aromatic carbocycles. The van der Waals surface area contributed by atoms with Gasteiger partial charge in [-0.3, -0.25) is 0 Å². The summed E-state index contributed by atoms with van der Waals surface area (Å²) in [6.07, 6.45) is 1.99. The fourth-order valence-corrected chi connectivity index (χ4v) is 0.833. The van der Waals surface area contributed by atoms with E-state index in [4.69, 9.17) is 1.37 Å². The molecule has 5 heavy (non-hydrogen) atoms. The van der Waals surface area contributed by atoms with Gasteiger partial charge in [0.25, 0.3) is 0 Å². The molecule has 1 heteroatoms. The molecule has 1 atom stereocenters. The third-order valence-corrected chi connectivity index (χ3v) is 1.24. The van der Waals surface area contributed by atoms with E-state index < -0.39 is 0 Å². The van der Waals surface area contributed by atoms with Gasteiger partial charge < -0.3 is 0 Å². The van der Waals surface area contributed by atoms with Crippen molar-refractivity contribution < 1.29 is 1.37 Å². The first-order chi connectivity index (χ1) is 2.89. The molecule has 0 fully saturated rings. The van der Waals surface area contributed by atoms with E-state index in [-0.39, 0.29) is 6.40 Å². The molecule has 0 spiro atoms. The fourth-order valence-electron chi connectivity index (χ4n) is 0.278. The van der Waals surface area contributed by atoms with E-state index in [9.17, 15) is 0 Å². The highest BCUT2D eigenvalue weighted by molar-refractivity contribution is 8.02. The summed E-state index contributed by atoms with van der Waals surface area (Å²) in [4.78, 5) is 0. The van der Waals surface area contributed by atoms with E-state index in [0.29, 0.717) is 0 Å². The van der Waals surface area contributed by atoms with Gasteiger partial charge in [-0.25, -0.2) is 0 Å². The van der Waals surface area contributed by atoms with Crippen LogP contribution in [0.15, 0.2) is 11.5 Å². The lowest BCUT2D eigenvalue weighted by Crippen LogP contribution is -1.56. The average molecular weight is 87.2 g/mol. The van der Waals surface area contributed by atoms with Gasteiger partial charge >= 0.3 is 0 Å². The molecule has 0 aromatic heterocycles. The average Bonchev–Trinajstić information content (AvgIpc) is 1.86. The molecule has 0 nitrogen and oxygen atoms in total. The van der Waals surface area contributed by atoms with Gasteiger partial charge in [-0.1, -0.05) is 6.08 Å². The van der Waals surface area contributed by atoms with Gasteiger partial charge in [0.05, 0.1) is 0 Å². The molecule has 1 aliphatic rings. The summed E-state index contributed by atoms with van der Waals surface area (Å²) in [5, 5.41) is 1.98. The van der Waals surface area contributed by atoms with Crippen molar-refractivity contribution in [3.05, 3.63) is 11.5 Å². The SMILES string of the molecule is [2H]C1C=CSC1. The van der Waals surface area contributed by atoms with Crippen molar-refractivity contribution >= 4 is 11.8 Å². The van der Waals surface area contributed by atoms with Gasteiger partial charge in [-0.2, -0.15) is 0 Å². The van der Waals surface area contributed by atoms with Crippen LogP contribution in [0.4, 0.5) is 0 Å².